The van der Waals surface area contributed by atoms with Gasteiger partial charge in [-0.15, -0.1) is 0 Å². The van der Waals surface area contributed by atoms with E-state index in [1.54, 1.807) is 0 Å². The van der Waals surface area contributed by atoms with Crippen LogP contribution in [0.5, 0.6) is 0 Å². The molecule has 7 N–H and O–H groups in total. The molecule has 0 aromatic carbocycles. The molecule has 0 spiro atoms. The standard InChI is InChI=1S/C14H26O10/c15-2-9-7(11(18)13(20)14(21)24-9)5-22-4-6-1-8(17)12(19)10(3-16)23-6/h6-21H,1-5H2. The predicted molar refractivity (Wildman–Crippen MR) is 76.7 cm³/mol. The Kier molecular flexibility index (Phi) is 7.31. The van der Waals surface area contributed by atoms with Crippen molar-refractivity contribution in [3.8, 4) is 0 Å². The molecule has 142 valence electrons. The first kappa shape index (κ1) is 19.9. The molecule has 2 fully saturated rings. The van der Waals surface area contributed by atoms with E-state index in [0.717, 1.165) is 0 Å². The first-order valence-corrected chi connectivity index (χ1v) is 7.89. The van der Waals surface area contributed by atoms with Crippen molar-refractivity contribution in [2.75, 3.05) is 26.4 Å². The largest absolute Gasteiger partial charge is 0.394 e. The lowest BCUT2D eigenvalue weighted by Gasteiger charge is -2.40. The SMILES string of the molecule is OCC1OC(COCC2C(CO)OC(O)C(O)C2O)CC(O)C1O. The number of aliphatic hydroxyl groups excluding tert-OH is 7. The Morgan fingerprint density at radius 1 is 0.792 bits per heavy atom. The molecule has 2 aliphatic heterocycles. The molecule has 0 aromatic heterocycles. The number of hydrogen-bond donors (Lipinski definition) is 7. The van der Waals surface area contributed by atoms with Crippen molar-refractivity contribution in [2.24, 2.45) is 5.92 Å². The highest BCUT2D eigenvalue weighted by molar-refractivity contribution is 4.89. The van der Waals surface area contributed by atoms with Gasteiger partial charge in [0.2, 0.25) is 0 Å². The summed E-state index contributed by atoms with van der Waals surface area (Å²) in [4.78, 5) is 0. The molecule has 2 aliphatic rings. The zero-order valence-electron chi connectivity index (χ0n) is 13.1. The lowest BCUT2D eigenvalue weighted by atomic mass is 9.90. The monoisotopic (exact) mass is 354 g/mol. The van der Waals surface area contributed by atoms with Crippen molar-refractivity contribution in [3.05, 3.63) is 0 Å². The van der Waals surface area contributed by atoms with Crippen LogP contribution < -0.4 is 0 Å². The van der Waals surface area contributed by atoms with E-state index in [1.165, 1.54) is 0 Å². The predicted octanol–water partition coefficient (Wildman–Crippen LogP) is -4.08. The van der Waals surface area contributed by atoms with Crippen LogP contribution in [0.2, 0.25) is 0 Å². The number of rotatable bonds is 6. The summed E-state index contributed by atoms with van der Waals surface area (Å²) in [5.74, 6) is -0.763. The van der Waals surface area contributed by atoms with Crippen LogP contribution in [0, 0.1) is 5.92 Å². The minimum atomic E-state index is -1.59. The van der Waals surface area contributed by atoms with Gasteiger partial charge in [0.05, 0.1) is 50.8 Å². The van der Waals surface area contributed by atoms with E-state index < -0.39 is 68.1 Å². The fourth-order valence-electron chi connectivity index (χ4n) is 3.02. The Hall–Kier alpha value is -0.400. The van der Waals surface area contributed by atoms with Crippen molar-refractivity contribution in [1.82, 2.24) is 0 Å². The molecular weight excluding hydrogens is 328 g/mol. The van der Waals surface area contributed by atoms with Crippen molar-refractivity contribution < 1.29 is 50.0 Å². The second kappa shape index (κ2) is 8.81. The molecule has 2 heterocycles. The van der Waals surface area contributed by atoms with Gasteiger partial charge >= 0.3 is 0 Å². The Morgan fingerprint density at radius 2 is 1.46 bits per heavy atom. The van der Waals surface area contributed by atoms with Crippen molar-refractivity contribution in [3.63, 3.8) is 0 Å². The van der Waals surface area contributed by atoms with Gasteiger partial charge < -0.3 is 50.0 Å². The second-order valence-corrected chi connectivity index (χ2v) is 6.20. The molecule has 0 saturated carbocycles. The third kappa shape index (κ3) is 4.41. The molecule has 9 atom stereocenters. The van der Waals surface area contributed by atoms with Crippen LogP contribution in [0.15, 0.2) is 0 Å². The van der Waals surface area contributed by atoms with Gasteiger partial charge in [-0.1, -0.05) is 0 Å². The van der Waals surface area contributed by atoms with Crippen LogP contribution in [0.4, 0.5) is 0 Å². The lowest BCUT2D eigenvalue weighted by Crippen LogP contribution is -2.57. The number of hydrogen-bond acceptors (Lipinski definition) is 10. The van der Waals surface area contributed by atoms with Crippen molar-refractivity contribution in [2.45, 2.75) is 55.4 Å². The van der Waals surface area contributed by atoms with Gasteiger partial charge in [-0.3, -0.25) is 0 Å². The fourth-order valence-corrected chi connectivity index (χ4v) is 3.02. The van der Waals surface area contributed by atoms with E-state index in [9.17, 15) is 30.6 Å². The molecule has 2 rings (SSSR count). The number of ether oxygens (including phenoxy) is 3. The summed E-state index contributed by atoms with van der Waals surface area (Å²) in [6.45, 7) is -0.981. The van der Waals surface area contributed by atoms with Gasteiger partial charge in [0.1, 0.15) is 18.3 Å². The molecule has 24 heavy (non-hydrogen) atoms. The topological polar surface area (TPSA) is 169 Å². The Bertz CT molecular complexity index is 381. The Labute approximate surface area is 138 Å². The van der Waals surface area contributed by atoms with Gasteiger partial charge in [-0.25, -0.2) is 0 Å². The summed E-state index contributed by atoms with van der Waals surface area (Å²) in [5.41, 5.74) is 0. The maximum absolute atomic E-state index is 9.98. The molecule has 0 amide bonds. The molecule has 10 heteroatoms. The molecule has 0 bridgehead atoms. The Morgan fingerprint density at radius 3 is 2.08 bits per heavy atom. The molecule has 0 aromatic rings. The summed E-state index contributed by atoms with van der Waals surface area (Å²) >= 11 is 0. The molecular formula is C14H26O10. The smallest absolute Gasteiger partial charge is 0.183 e. The van der Waals surface area contributed by atoms with E-state index in [0.29, 0.717) is 0 Å². The zero-order chi connectivity index (χ0) is 17.9. The van der Waals surface area contributed by atoms with Crippen molar-refractivity contribution in [1.29, 1.82) is 0 Å². The van der Waals surface area contributed by atoms with Crippen LogP contribution in [0.25, 0.3) is 0 Å². The van der Waals surface area contributed by atoms with Gasteiger partial charge in [-0.05, 0) is 0 Å². The third-order valence-electron chi connectivity index (χ3n) is 4.49. The highest BCUT2D eigenvalue weighted by atomic mass is 16.6. The highest BCUT2D eigenvalue weighted by Crippen LogP contribution is 2.26. The van der Waals surface area contributed by atoms with Crippen LogP contribution in [-0.4, -0.2) is 111 Å². The Balaban J connectivity index is 1.84. The van der Waals surface area contributed by atoms with Gasteiger partial charge in [0.15, 0.2) is 6.29 Å². The van der Waals surface area contributed by atoms with E-state index in [2.05, 4.69) is 0 Å². The van der Waals surface area contributed by atoms with Crippen LogP contribution >= 0.6 is 0 Å². The maximum Gasteiger partial charge on any atom is 0.183 e. The zero-order valence-corrected chi connectivity index (χ0v) is 13.1. The van der Waals surface area contributed by atoms with Gasteiger partial charge in [0.25, 0.3) is 0 Å². The minimum Gasteiger partial charge on any atom is -0.394 e. The first-order chi connectivity index (χ1) is 11.4. The summed E-state index contributed by atoms with van der Waals surface area (Å²) in [6, 6.07) is 0. The molecule has 0 radical (unpaired) electrons. The third-order valence-corrected chi connectivity index (χ3v) is 4.49. The van der Waals surface area contributed by atoms with Gasteiger partial charge in [0, 0.05) is 12.3 Å². The summed E-state index contributed by atoms with van der Waals surface area (Å²) < 4.78 is 15.9. The van der Waals surface area contributed by atoms with Crippen LogP contribution in [0.1, 0.15) is 6.42 Å². The van der Waals surface area contributed by atoms with Gasteiger partial charge in [-0.2, -0.15) is 0 Å². The van der Waals surface area contributed by atoms with E-state index in [-0.39, 0.29) is 19.6 Å². The quantitative estimate of drug-likeness (QED) is 0.249. The highest BCUT2D eigenvalue weighted by Gasteiger charge is 2.44. The molecule has 9 unspecified atom stereocenters. The van der Waals surface area contributed by atoms with E-state index in [4.69, 9.17) is 19.3 Å². The summed E-state index contributed by atoms with van der Waals surface area (Å²) in [7, 11) is 0. The lowest BCUT2D eigenvalue weighted by molar-refractivity contribution is -0.280. The minimum absolute atomic E-state index is 0.0142. The van der Waals surface area contributed by atoms with E-state index in [1.807, 2.05) is 0 Å². The van der Waals surface area contributed by atoms with E-state index >= 15 is 0 Å². The average molecular weight is 354 g/mol. The normalized spacial score (nSPS) is 46.9. The van der Waals surface area contributed by atoms with Crippen LogP contribution in [-0.2, 0) is 14.2 Å². The molecule has 10 nitrogen and oxygen atoms in total. The number of aliphatic hydroxyl groups is 7. The summed E-state index contributed by atoms with van der Waals surface area (Å²) in [5, 5.41) is 66.8. The molecule has 0 aliphatic carbocycles. The summed E-state index contributed by atoms with van der Waals surface area (Å²) in [6.07, 6.45) is -8.91. The van der Waals surface area contributed by atoms with Crippen LogP contribution in [0.3, 0.4) is 0 Å². The second-order valence-electron chi connectivity index (χ2n) is 6.20. The molecule has 2 saturated heterocycles. The fraction of sp³-hybridized carbons (Fsp3) is 1.00. The average Bonchev–Trinajstić information content (AvgIpc) is 2.57. The van der Waals surface area contributed by atoms with Crippen molar-refractivity contribution >= 4 is 0 Å². The maximum atomic E-state index is 9.98. The first-order valence-electron chi connectivity index (χ1n) is 7.89.